The van der Waals surface area contributed by atoms with Crippen molar-refractivity contribution < 1.29 is 13.9 Å². The molecule has 1 amide bonds. The molecule has 0 aliphatic rings. The number of aromatic nitrogens is 1. The van der Waals surface area contributed by atoms with Crippen molar-refractivity contribution in [1.82, 2.24) is 10.3 Å². The quantitative estimate of drug-likeness (QED) is 0.682. The van der Waals surface area contributed by atoms with Gasteiger partial charge in [0.25, 0.3) is 5.91 Å². The maximum absolute atomic E-state index is 14.1. The fourth-order valence-corrected chi connectivity index (χ4v) is 1.65. The number of rotatable bonds is 9. The molecule has 0 bridgehead atoms. The second kappa shape index (κ2) is 9.25. The van der Waals surface area contributed by atoms with E-state index < -0.39 is 11.7 Å². The molecular formula is C14H22FN3O2. The SMILES string of the molecule is CCCNc1nccc(C(=O)NCCCCOC)c1F. The van der Waals surface area contributed by atoms with Gasteiger partial charge in [-0.15, -0.1) is 0 Å². The second-order valence-electron chi connectivity index (χ2n) is 4.40. The molecule has 5 nitrogen and oxygen atoms in total. The predicted molar refractivity (Wildman–Crippen MR) is 76.4 cm³/mol. The number of hydrogen-bond acceptors (Lipinski definition) is 4. The normalized spacial score (nSPS) is 10.3. The fourth-order valence-electron chi connectivity index (χ4n) is 1.65. The molecule has 0 spiro atoms. The number of pyridine rings is 1. The van der Waals surface area contributed by atoms with Gasteiger partial charge in [0.15, 0.2) is 11.6 Å². The highest BCUT2D eigenvalue weighted by atomic mass is 19.1. The van der Waals surface area contributed by atoms with Crippen LogP contribution in [-0.2, 0) is 4.74 Å². The summed E-state index contributed by atoms with van der Waals surface area (Å²) in [6, 6.07) is 1.39. The van der Waals surface area contributed by atoms with Crippen molar-refractivity contribution in [1.29, 1.82) is 0 Å². The third kappa shape index (κ3) is 5.13. The lowest BCUT2D eigenvalue weighted by Gasteiger charge is -2.09. The second-order valence-corrected chi connectivity index (χ2v) is 4.40. The fraction of sp³-hybridized carbons (Fsp3) is 0.571. The number of amides is 1. The van der Waals surface area contributed by atoms with Crippen molar-refractivity contribution in [3.63, 3.8) is 0 Å². The Labute approximate surface area is 118 Å². The third-order valence-electron chi connectivity index (χ3n) is 2.74. The first-order valence-electron chi connectivity index (χ1n) is 6.86. The van der Waals surface area contributed by atoms with E-state index in [1.807, 2.05) is 6.92 Å². The molecule has 1 aromatic heterocycles. The van der Waals surface area contributed by atoms with Gasteiger partial charge in [0.05, 0.1) is 5.56 Å². The summed E-state index contributed by atoms with van der Waals surface area (Å²) in [4.78, 5) is 15.8. The Morgan fingerprint density at radius 2 is 2.20 bits per heavy atom. The molecule has 6 heteroatoms. The Hall–Kier alpha value is -1.69. The molecule has 0 fully saturated rings. The lowest BCUT2D eigenvalue weighted by molar-refractivity contribution is 0.0947. The van der Waals surface area contributed by atoms with Crippen molar-refractivity contribution in [3.8, 4) is 0 Å². The zero-order chi connectivity index (χ0) is 14.8. The zero-order valence-corrected chi connectivity index (χ0v) is 12.0. The number of nitrogens with zero attached hydrogens (tertiary/aromatic N) is 1. The van der Waals surface area contributed by atoms with E-state index >= 15 is 0 Å². The van der Waals surface area contributed by atoms with Gasteiger partial charge >= 0.3 is 0 Å². The Bertz CT molecular complexity index is 427. The number of nitrogens with one attached hydrogen (secondary N) is 2. The lowest BCUT2D eigenvalue weighted by Crippen LogP contribution is -2.26. The number of anilines is 1. The van der Waals surface area contributed by atoms with Crippen LogP contribution in [0.25, 0.3) is 0 Å². The molecule has 1 heterocycles. The van der Waals surface area contributed by atoms with Crippen molar-refractivity contribution >= 4 is 11.7 Å². The van der Waals surface area contributed by atoms with Crippen molar-refractivity contribution in [2.75, 3.05) is 32.1 Å². The summed E-state index contributed by atoms with van der Waals surface area (Å²) in [6.07, 6.45) is 3.95. The minimum Gasteiger partial charge on any atom is -0.385 e. The molecule has 0 saturated heterocycles. The van der Waals surface area contributed by atoms with Crippen LogP contribution < -0.4 is 10.6 Å². The first-order chi connectivity index (χ1) is 9.70. The number of methoxy groups -OCH3 is 1. The number of unbranched alkanes of at least 4 members (excludes halogenated alkanes) is 1. The number of carbonyl (C=O) groups is 1. The summed E-state index contributed by atoms with van der Waals surface area (Å²) >= 11 is 0. The van der Waals surface area contributed by atoms with Gasteiger partial charge < -0.3 is 15.4 Å². The lowest BCUT2D eigenvalue weighted by atomic mass is 10.2. The van der Waals surface area contributed by atoms with E-state index in [0.29, 0.717) is 19.7 Å². The van der Waals surface area contributed by atoms with Crippen LogP contribution in [0.2, 0.25) is 0 Å². The third-order valence-corrected chi connectivity index (χ3v) is 2.74. The van der Waals surface area contributed by atoms with E-state index in [0.717, 1.165) is 19.3 Å². The van der Waals surface area contributed by atoms with Crippen molar-refractivity contribution in [3.05, 3.63) is 23.6 Å². The van der Waals surface area contributed by atoms with E-state index in [2.05, 4.69) is 15.6 Å². The summed E-state index contributed by atoms with van der Waals surface area (Å²) in [5, 5.41) is 5.55. The topological polar surface area (TPSA) is 63.2 Å². The van der Waals surface area contributed by atoms with Gasteiger partial charge in [-0.2, -0.15) is 0 Å². The maximum Gasteiger partial charge on any atom is 0.254 e. The summed E-state index contributed by atoms with van der Waals surface area (Å²) in [5.41, 5.74) is 0.0188. The number of carbonyl (C=O) groups excluding carboxylic acids is 1. The number of halogens is 1. The highest BCUT2D eigenvalue weighted by Crippen LogP contribution is 2.14. The van der Waals surface area contributed by atoms with Crippen LogP contribution in [0.15, 0.2) is 12.3 Å². The maximum atomic E-state index is 14.1. The van der Waals surface area contributed by atoms with E-state index in [-0.39, 0.29) is 11.4 Å². The molecule has 20 heavy (non-hydrogen) atoms. The molecule has 0 radical (unpaired) electrons. The smallest absolute Gasteiger partial charge is 0.254 e. The van der Waals surface area contributed by atoms with Gasteiger partial charge in [-0.3, -0.25) is 4.79 Å². The largest absolute Gasteiger partial charge is 0.385 e. The van der Waals surface area contributed by atoms with Crippen molar-refractivity contribution in [2.45, 2.75) is 26.2 Å². The van der Waals surface area contributed by atoms with E-state index in [4.69, 9.17) is 4.74 Å². The van der Waals surface area contributed by atoms with Gasteiger partial charge in [0, 0.05) is 33.0 Å². The molecule has 0 atom stereocenters. The van der Waals surface area contributed by atoms with Crippen LogP contribution in [0.4, 0.5) is 10.2 Å². The Morgan fingerprint density at radius 1 is 1.40 bits per heavy atom. The average Bonchev–Trinajstić information content (AvgIpc) is 2.46. The van der Waals surface area contributed by atoms with E-state index in [1.54, 1.807) is 7.11 Å². The minimum atomic E-state index is -0.602. The van der Waals surface area contributed by atoms with Crippen LogP contribution >= 0.6 is 0 Å². The summed E-state index contributed by atoms with van der Waals surface area (Å²) < 4.78 is 19.0. The van der Waals surface area contributed by atoms with Gasteiger partial charge in [0.2, 0.25) is 0 Å². The molecular weight excluding hydrogens is 261 g/mol. The summed E-state index contributed by atoms with van der Waals surface area (Å²) in [7, 11) is 1.63. The van der Waals surface area contributed by atoms with Gasteiger partial charge in [-0.1, -0.05) is 6.92 Å². The first-order valence-corrected chi connectivity index (χ1v) is 6.86. The number of ether oxygens (including phenoxy) is 1. The van der Waals surface area contributed by atoms with Crippen LogP contribution in [0, 0.1) is 5.82 Å². The first kappa shape index (κ1) is 16.4. The highest BCUT2D eigenvalue weighted by Gasteiger charge is 2.15. The van der Waals surface area contributed by atoms with Crippen molar-refractivity contribution in [2.24, 2.45) is 0 Å². The van der Waals surface area contributed by atoms with Crippen LogP contribution in [-0.4, -0.2) is 37.7 Å². The Balaban J connectivity index is 2.54. The highest BCUT2D eigenvalue weighted by molar-refractivity contribution is 5.95. The Morgan fingerprint density at radius 3 is 2.90 bits per heavy atom. The Kier molecular flexibility index (Phi) is 7.57. The molecule has 0 saturated carbocycles. The van der Waals surface area contributed by atoms with Gasteiger partial charge in [-0.05, 0) is 25.3 Å². The molecule has 112 valence electrons. The molecule has 1 rings (SSSR count). The van der Waals surface area contributed by atoms with Gasteiger partial charge in [0.1, 0.15) is 0 Å². The van der Waals surface area contributed by atoms with Crippen LogP contribution in [0.3, 0.4) is 0 Å². The summed E-state index contributed by atoms with van der Waals surface area (Å²) in [6.45, 7) is 3.75. The van der Waals surface area contributed by atoms with E-state index in [1.165, 1.54) is 12.3 Å². The standard InChI is InChI=1S/C14H22FN3O2/c1-3-7-16-13-12(15)11(6-9-17-13)14(19)18-8-4-5-10-20-2/h6,9H,3-5,7-8,10H2,1-2H3,(H,16,17)(H,18,19). The molecule has 0 aliphatic heterocycles. The number of hydrogen-bond donors (Lipinski definition) is 2. The van der Waals surface area contributed by atoms with Crippen LogP contribution in [0.5, 0.6) is 0 Å². The molecule has 0 aliphatic carbocycles. The van der Waals surface area contributed by atoms with E-state index in [9.17, 15) is 9.18 Å². The molecule has 0 unspecified atom stereocenters. The molecule has 0 aromatic carbocycles. The minimum absolute atomic E-state index is 0.0188. The predicted octanol–water partition coefficient (Wildman–Crippen LogP) is 2.20. The zero-order valence-electron chi connectivity index (χ0n) is 12.0. The summed E-state index contributed by atoms with van der Waals surface area (Å²) in [5.74, 6) is -0.893. The average molecular weight is 283 g/mol. The van der Waals surface area contributed by atoms with Crippen LogP contribution in [0.1, 0.15) is 36.5 Å². The van der Waals surface area contributed by atoms with Gasteiger partial charge in [-0.25, -0.2) is 9.37 Å². The monoisotopic (exact) mass is 283 g/mol. The molecule has 2 N–H and O–H groups in total. The molecule has 1 aromatic rings.